The second-order valence-corrected chi connectivity index (χ2v) is 13.3. The number of nitrogens with two attached hydrogens (primary N) is 1. The lowest BCUT2D eigenvalue weighted by Crippen LogP contribution is -2.60. The molecule has 1 heterocycles. The number of likely N-dealkylation sites (tertiary alicyclic amines) is 1. The van der Waals surface area contributed by atoms with Gasteiger partial charge in [0.1, 0.15) is 12.1 Å². The van der Waals surface area contributed by atoms with Crippen molar-refractivity contribution in [1.29, 1.82) is 0 Å². The summed E-state index contributed by atoms with van der Waals surface area (Å²) in [5, 5.41) is 5.09. The zero-order valence-corrected chi connectivity index (χ0v) is 24.0. The number of carbonyl (C=O) groups excluding carboxylic acids is 5. The van der Waals surface area contributed by atoms with Crippen LogP contribution >= 0.6 is 0 Å². The minimum atomic E-state index is -4.82. The summed E-state index contributed by atoms with van der Waals surface area (Å²) in [5.41, 5.74) is 2.19. The van der Waals surface area contributed by atoms with E-state index in [0.29, 0.717) is 12.8 Å². The van der Waals surface area contributed by atoms with Crippen molar-refractivity contribution in [2.24, 2.45) is 34.8 Å². The topological polar surface area (TPSA) is 148 Å². The van der Waals surface area contributed by atoms with E-state index in [1.807, 2.05) is 13.8 Å². The molecular formula is C28H41F3N4O6. The predicted molar refractivity (Wildman–Crippen MR) is 140 cm³/mol. The number of alkyl carbamates (subject to hydrolysis) is 1. The first-order valence-corrected chi connectivity index (χ1v) is 14.5. The Morgan fingerprint density at radius 1 is 1.00 bits per heavy atom. The molecule has 1 aliphatic heterocycles. The van der Waals surface area contributed by atoms with Gasteiger partial charge >= 0.3 is 12.3 Å². The number of amides is 4. The number of halogens is 3. The van der Waals surface area contributed by atoms with Gasteiger partial charge in [0.15, 0.2) is 0 Å². The molecular weight excluding hydrogens is 545 g/mol. The molecule has 10 nitrogen and oxygen atoms in total. The third kappa shape index (κ3) is 6.48. The molecule has 0 spiro atoms. The van der Waals surface area contributed by atoms with Crippen molar-refractivity contribution in [2.75, 3.05) is 6.54 Å². The summed E-state index contributed by atoms with van der Waals surface area (Å²) < 4.78 is 44.8. The molecule has 41 heavy (non-hydrogen) atoms. The van der Waals surface area contributed by atoms with E-state index in [1.54, 1.807) is 0 Å². The maximum absolute atomic E-state index is 14.1. The molecule has 1 saturated heterocycles. The molecule has 4 aliphatic rings. The van der Waals surface area contributed by atoms with Crippen LogP contribution in [-0.4, -0.2) is 70.9 Å². The van der Waals surface area contributed by atoms with Crippen molar-refractivity contribution < 1.29 is 41.9 Å². The zero-order valence-electron chi connectivity index (χ0n) is 24.0. The van der Waals surface area contributed by atoms with E-state index in [4.69, 9.17) is 10.5 Å². The van der Waals surface area contributed by atoms with Crippen LogP contribution < -0.4 is 16.4 Å². The van der Waals surface area contributed by atoms with E-state index in [0.717, 1.165) is 46.0 Å². The summed E-state index contributed by atoms with van der Waals surface area (Å²) in [4.78, 5) is 66.0. The van der Waals surface area contributed by atoms with Gasteiger partial charge in [-0.15, -0.1) is 0 Å². The average Bonchev–Trinajstić information content (AvgIpc) is 3.73. The van der Waals surface area contributed by atoms with Crippen molar-refractivity contribution in [3.05, 3.63) is 0 Å². The number of primary amides is 1. The highest BCUT2D eigenvalue weighted by Gasteiger charge is 2.70. The zero-order chi connectivity index (χ0) is 30.5. The molecule has 5 atom stereocenters. The van der Waals surface area contributed by atoms with Crippen molar-refractivity contribution in [1.82, 2.24) is 15.5 Å². The average molecular weight is 587 g/mol. The maximum Gasteiger partial charge on any atom is 0.427 e. The number of rotatable bonds is 10. The van der Waals surface area contributed by atoms with Gasteiger partial charge in [0.2, 0.25) is 23.2 Å². The number of hydrogen-bond acceptors (Lipinski definition) is 6. The van der Waals surface area contributed by atoms with E-state index >= 15 is 0 Å². The van der Waals surface area contributed by atoms with Gasteiger partial charge in [-0.3, -0.25) is 19.2 Å². The molecule has 0 bridgehead atoms. The van der Waals surface area contributed by atoms with Crippen LogP contribution in [0.15, 0.2) is 0 Å². The van der Waals surface area contributed by atoms with Crippen LogP contribution in [0, 0.1) is 29.1 Å². The Hall–Kier alpha value is -2.86. The number of fused-ring (bicyclic) bond motifs is 1. The molecule has 4 fully saturated rings. The van der Waals surface area contributed by atoms with Gasteiger partial charge in [-0.25, -0.2) is 4.79 Å². The molecule has 0 aromatic carbocycles. The SMILES string of the molecule is CC1(C)C2CN(C(=O)[C@@H](NC(=O)OC(C)(C)C(F)(F)F)C3CCCCC3)[C@H](C(=O)NC(CC3CC3)C(=O)C(N)=O)[C@H]21. The fourth-order valence-electron chi connectivity index (χ4n) is 6.63. The Balaban J connectivity index is 1.56. The fourth-order valence-corrected chi connectivity index (χ4v) is 6.63. The Morgan fingerprint density at radius 2 is 1.61 bits per heavy atom. The van der Waals surface area contributed by atoms with Gasteiger partial charge in [-0.2, -0.15) is 13.2 Å². The molecule has 0 aromatic rings. The van der Waals surface area contributed by atoms with Gasteiger partial charge in [0.05, 0.1) is 6.04 Å². The van der Waals surface area contributed by atoms with Crippen LogP contribution in [0.4, 0.5) is 18.0 Å². The molecule has 2 unspecified atom stereocenters. The minimum absolute atomic E-state index is 0.0148. The van der Waals surface area contributed by atoms with Gasteiger partial charge in [-0.1, -0.05) is 46.0 Å². The molecule has 3 aliphatic carbocycles. The molecule has 3 saturated carbocycles. The van der Waals surface area contributed by atoms with Gasteiger partial charge in [-0.05, 0) is 62.2 Å². The highest BCUT2D eigenvalue weighted by atomic mass is 19.4. The van der Waals surface area contributed by atoms with E-state index < -0.39 is 59.5 Å². The van der Waals surface area contributed by atoms with Crippen molar-refractivity contribution in [3.8, 4) is 0 Å². The largest absolute Gasteiger partial charge is 0.434 e. The van der Waals surface area contributed by atoms with E-state index in [2.05, 4.69) is 10.6 Å². The van der Waals surface area contributed by atoms with E-state index in [9.17, 15) is 37.1 Å². The molecule has 0 radical (unpaired) electrons. The molecule has 13 heteroatoms. The van der Waals surface area contributed by atoms with E-state index in [-0.39, 0.29) is 42.1 Å². The van der Waals surface area contributed by atoms with Crippen LogP contribution in [0.3, 0.4) is 0 Å². The van der Waals surface area contributed by atoms with Crippen LogP contribution in [0.25, 0.3) is 0 Å². The quantitative estimate of drug-likeness (QED) is 0.336. The summed E-state index contributed by atoms with van der Waals surface area (Å²) in [6.07, 6.45) is -0.472. The number of Topliss-reactive ketones (excluding diaryl/α,β-unsaturated/α-hetero) is 1. The first-order chi connectivity index (χ1) is 19.0. The Bertz CT molecular complexity index is 1080. The smallest absolute Gasteiger partial charge is 0.427 e. The lowest BCUT2D eigenvalue weighted by Gasteiger charge is -2.37. The Kier molecular flexibility index (Phi) is 8.41. The van der Waals surface area contributed by atoms with Crippen molar-refractivity contribution in [3.63, 3.8) is 0 Å². The summed E-state index contributed by atoms with van der Waals surface area (Å²) in [6.45, 7) is 5.64. The van der Waals surface area contributed by atoms with Crippen LogP contribution in [0.5, 0.6) is 0 Å². The monoisotopic (exact) mass is 586 g/mol. The van der Waals surface area contributed by atoms with Crippen LogP contribution in [-0.2, 0) is 23.9 Å². The van der Waals surface area contributed by atoms with Gasteiger partial charge < -0.3 is 26.0 Å². The standard InChI is InChI=1S/C28H41F3N4O6/c1-26(2)16-13-35(20(18(16)26)23(38)33-17(12-14-10-11-14)21(36)22(32)37)24(39)19(15-8-6-5-7-9-15)34-25(40)41-27(3,4)28(29,30)31/h14-20H,5-13H2,1-4H3,(H2,32,37)(H,33,38)(H,34,40)/t16?,17?,18-,19-,20-/m0/s1. The lowest BCUT2D eigenvalue weighted by molar-refractivity contribution is -0.244. The highest BCUT2D eigenvalue weighted by molar-refractivity contribution is 6.37. The maximum atomic E-state index is 14.1. The molecule has 0 aromatic heterocycles. The molecule has 4 amide bonds. The predicted octanol–water partition coefficient (Wildman–Crippen LogP) is 2.82. The first kappa shape index (κ1) is 31.1. The summed E-state index contributed by atoms with van der Waals surface area (Å²) in [5.74, 6) is -3.58. The first-order valence-electron chi connectivity index (χ1n) is 14.5. The number of nitrogens with one attached hydrogen (secondary N) is 2. The number of ether oxygens (including phenoxy) is 1. The summed E-state index contributed by atoms with van der Waals surface area (Å²) >= 11 is 0. The summed E-state index contributed by atoms with van der Waals surface area (Å²) in [6, 6.07) is -3.25. The molecule has 230 valence electrons. The summed E-state index contributed by atoms with van der Waals surface area (Å²) in [7, 11) is 0. The Morgan fingerprint density at radius 3 is 2.15 bits per heavy atom. The third-order valence-corrected chi connectivity index (χ3v) is 9.59. The number of nitrogens with zero attached hydrogens (tertiary/aromatic N) is 1. The fraction of sp³-hybridized carbons (Fsp3) is 0.821. The van der Waals surface area contributed by atoms with Crippen molar-refractivity contribution >= 4 is 29.6 Å². The highest BCUT2D eigenvalue weighted by Crippen LogP contribution is 2.65. The van der Waals surface area contributed by atoms with Crippen LogP contribution in [0.2, 0.25) is 0 Å². The number of ketones is 1. The lowest BCUT2D eigenvalue weighted by atomic mass is 9.83. The normalized spacial score (nSPS) is 27.3. The second-order valence-electron chi connectivity index (χ2n) is 13.3. The number of carbonyl (C=O) groups is 5. The number of hydrogen-bond donors (Lipinski definition) is 3. The van der Waals surface area contributed by atoms with Gasteiger partial charge in [0, 0.05) is 6.54 Å². The van der Waals surface area contributed by atoms with Gasteiger partial charge in [0.25, 0.3) is 5.91 Å². The third-order valence-electron chi connectivity index (χ3n) is 9.59. The molecule has 4 N–H and O–H groups in total. The number of piperidine rings is 1. The van der Waals surface area contributed by atoms with Crippen LogP contribution in [0.1, 0.15) is 79.1 Å². The Labute approximate surface area is 237 Å². The number of alkyl halides is 3. The van der Waals surface area contributed by atoms with Crippen molar-refractivity contribution in [2.45, 2.75) is 109 Å². The second kappa shape index (κ2) is 11.1. The minimum Gasteiger partial charge on any atom is -0.434 e. The van der Waals surface area contributed by atoms with E-state index in [1.165, 1.54) is 4.90 Å². The molecule has 4 rings (SSSR count).